The quantitative estimate of drug-likeness (QED) is 0.786. The lowest BCUT2D eigenvalue weighted by Crippen LogP contribution is -2.32. The molecule has 0 radical (unpaired) electrons. The van der Waals surface area contributed by atoms with Gasteiger partial charge in [0.15, 0.2) is 0 Å². The molecule has 0 saturated carbocycles. The number of carbonyl (C=O) groups is 1. The Morgan fingerprint density at radius 2 is 1.95 bits per heavy atom. The van der Waals surface area contributed by atoms with E-state index in [1.54, 1.807) is 19.1 Å². The van der Waals surface area contributed by atoms with Gasteiger partial charge >= 0.3 is 0 Å². The summed E-state index contributed by atoms with van der Waals surface area (Å²) in [6.45, 7) is 1.73. The number of para-hydroxylation sites is 1. The Hall–Kier alpha value is -1.63. The van der Waals surface area contributed by atoms with Crippen molar-refractivity contribution in [2.24, 2.45) is 0 Å². The van der Waals surface area contributed by atoms with Crippen molar-refractivity contribution in [2.45, 2.75) is 13.0 Å². The normalized spacial score (nSPS) is 11.8. The van der Waals surface area contributed by atoms with E-state index in [1.165, 1.54) is 12.1 Å². The number of hydrogen-bond donors (Lipinski definition) is 2. The Labute approximate surface area is 130 Å². The van der Waals surface area contributed by atoms with Gasteiger partial charge in [-0.05, 0) is 59.8 Å². The molecule has 0 aliphatic rings. The molecule has 1 amide bonds. The van der Waals surface area contributed by atoms with Crippen molar-refractivity contribution in [1.29, 1.82) is 0 Å². The van der Waals surface area contributed by atoms with Crippen LogP contribution in [0.5, 0.6) is 0 Å². The topological polar surface area (TPSA) is 41.1 Å². The zero-order valence-corrected chi connectivity index (χ0v) is 13.0. The fraction of sp³-hybridized carbons (Fsp3) is 0.133. The molecular formula is C15H14FIN2O. The first kappa shape index (κ1) is 14.8. The second kappa shape index (κ2) is 6.69. The van der Waals surface area contributed by atoms with Crippen molar-refractivity contribution < 1.29 is 9.18 Å². The fourth-order valence-corrected chi connectivity index (χ4v) is 2.24. The summed E-state index contributed by atoms with van der Waals surface area (Å²) < 4.78 is 14.5. The molecule has 0 spiro atoms. The van der Waals surface area contributed by atoms with Crippen LogP contribution in [0.2, 0.25) is 0 Å². The second-order valence-corrected chi connectivity index (χ2v) is 5.59. The minimum absolute atomic E-state index is 0.189. The predicted molar refractivity (Wildman–Crippen MR) is 87.3 cm³/mol. The molecule has 2 aromatic carbocycles. The van der Waals surface area contributed by atoms with Crippen molar-refractivity contribution in [3.05, 3.63) is 57.9 Å². The summed E-state index contributed by atoms with van der Waals surface area (Å²) in [6, 6.07) is 13.3. The third-order valence-electron chi connectivity index (χ3n) is 2.73. The van der Waals surface area contributed by atoms with Gasteiger partial charge in [0.2, 0.25) is 5.91 Å². The van der Waals surface area contributed by atoms with Crippen LogP contribution in [0.4, 0.5) is 15.8 Å². The first-order valence-corrected chi connectivity index (χ1v) is 7.21. The van der Waals surface area contributed by atoms with Crippen LogP contribution in [0.1, 0.15) is 6.92 Å². The number of hydrogen-bond acceptors (Lipinski definition) is 2. The number of amides is 1. The number of benzene rings is 2. The van der Waals surface area contributed by atoms with E-state index in [1.807, 2.05) is 24.3 Å². The lowest BCUT2D eigenvalue weighted by molar-refractivity contribution is -0.116. The highest BCUT2D eigenvalue weighted by Crippen LogP contribution is 2.15. The summed E-state index contributed by atoms with van der Waals surface area (Å²) >= 11 is 2.20. The number of anilines is 2. The van der Waals surface area contributed by atoms with Crippen LogP contribution >= 0.6 is 22.6 Å². The van der Waals surface area contributed by atoms with Crippen molar-refractivity contribution in [3.8, 4) is 0 Å². The van der Waals surface area contributed by atoms with E-state index in [9.17, 15) is 9.18 Å². The SMILES string of the molecule is C[C@@H](Nc1cccc(I)c1)C(=O)Nc1ccccc1F. The van der Waals surface area contributed by atoms with E-state index >= 15 is 0 Å². The van der Waals surface area contributed by atoms with Gasteiger partial charge in [-0.1, -0.05) is 18.2 Å². The summed E-state index contributed by atoms with van der Waals surface area (Å²) in [5.74, 6) is -0.726. The molecular weight excluding hydrogens is 370 g/mol. The van der Waals surface area contributed by atoms with E-state index in [-0.39, 0.29) is 11.6 Å². The van der Waals surface area contributed by atoms with E-state index < -0.39 is 11.9 Å². The minimum atomic E-state index is -0.465. The molecule has 2 rings (SSSR count). The Morgan fingerprint density at radius 3 is 2.65 bits per heavy atom. The molecule has 0 unspecified atom stereocenters. The summed E-state index contributed by atoms with van der Waals surface area (Å²) in [4.78, 5) is 12.0. The molecule has 0 heterocycles. The van der Waals surface area contributed by atoms with E-state index in [2.05, 4.69) is 33.2 Å². The molecule has 0 fully saturated rings. The number of carbonyl (C=O) groups excluding carboxylic acids is 1. The van der Waals surface area contributed by atoms with Gasteiger partial charge in [-0.15, -0.1) is 0 Å². The molecule has 0 aliphatic carbocycles. The van der Waals surface area contributed by atoms with Gasteiger partial charge < -0.3 is 10.6 Å². The molecule has 2 aromatic rings. The van der Waals surface area contributed by atoms with E-state index in [0.29, 0.717) is 0 Å². The van der Waals surface area contributed by atoms with Crippen molar-refractivity contribution in [1.82, 2.24) is 0 Å². The van der Waals surface area contributed by atoms with Gasteiger partial charge in [0.1, 0.15) is 11.9 Å². The molecule has 20 heavy (non-hydrogen) atoms. The second-order valence-electron chi connectivity index (χ2n) is 4.35. The van der Waals surface area contributed by atoms with Crippen LogP contribution < -0.4 is 10.6 Å². The molecule has 5 heteroatoms. The first-order chi connectivity index (χ1) is 9.56. The monoisotopic (exact) mass is 384 g/mol. The smallest absolute Gasteiger partial charge is 0.246 e. The van der Waals surface area contributed by atoms with Gasteiger partial charge in [-0.3, -0.25) is 4.79 Å². The molecule has 1 atom stereocenters. The van der Waals surface area contributed by atoms with Crippen molar-refractivity contribution >= 4 is 39.9 Å². The fourth-order valence-electron chi connectivity index (χ4n) is 1.70. The molecule has 2 N–H and O–H groups in total. The van der Waals surface area contributed by atoms with Crippen LogP contribution in [0, 0.1) is 9.39 Å². The third kappa shape index (κ3) is 3.93. The van der Waals surface area contributed by atoms with Gasteiger partial charge in [-0.2, -0.15) is 0 Å². The Balaban J connectivity index is 2.01. The van der Waals surface area contributed by atoms with Gasteiger partial charge in [-0.25, -0.2) is 4.39 Å². The summed E-state index contributed by atoms with van der Waals surface area (Å²) in [6.07, 6.45) is 0. The predicted octanol–water partition coefficient (Wildman–Crippen LogP) is 3.87. The lowest BCUT2D eigenvalue weighted by Gasteiger charge is -2.15. The number of halogens is 2. The zero-order valence-electron chi connectivity index (χ0n) is 10.9. The number of nitrogens with one attached hydrogen (secondary N) is 2. The first-order valence-electron chi connectivity index (χ1n) is 6.14. The van der Waals surface area contributed by atoms with Crippen LogP contribution in [-0.4, -0.2) is 11.9 Å². The molecule has 104 valence electrons. The third-order valence-corrected chi connectivity index (χ3v) is 3.40. The van der Waals surface area contributed by atoms with E-state index in [0.717, 1.165) is 9.26 Å². The maximum atomic E-state index is 13.5. The minimum Gasteiger partial charge on any atom is -0.374 e. The maximum absolute atomic E-state index is 13.5. The molecule has 0 saturated heterocycles. The van der Waals surface area contributed by atoms with Crippen LogP contribution in [0.15, 0.2) is 48.5 Å². The summed E-state index contributed by atoms with van der Waals surface area (Å²) in [5, 5.41) is 5.65. The highest BCUT2D eigenvalue weighted by Gasteiger charge is 2.14. The molecule has 3 nitrogen and oxygen atoms in total. The van der Waals surface area contributed by atoms with Gasteiger partial charge in [0.25, 0.3) is 0 Å². The largest absolute Gasteiger partial charge is 0.374 e. The zero-order chi connectivity index (χ0) is 14.5. The Kier molecular flexibility index (Phi) is 4.94. The standard InChI is InChI=1S/C15H14FIN2O/c1-10(18-12-6-4-5-11(17)9-12)15(20)19-14-8-3-2-7-13(14)16/h2-10,18H,1H3,(H,19,20)/t10-/m1/s1. The van der Waals surface area contributed by atoms with Crippen LogP contribution in [-0.2, 0) is 4.79 Å². The van der Waals surface area contributed by atoms with Gasteiger partial charge in [0, 0.05) is 9.26 Å². The van der Waals surface area contributed by atoms with Gasteiger partial charge in [0.05, 0.1) is 5.69 Å². The molecule has 0 aromatic heterocycles. The molecule has 0 bridgehead atoms. The van der Waals surface area contributed by atoms with E-state index in [4.69, 9.17) is 0 Å². The van der Waals surface area contributed by atoms with Crippen molar-refractivity contribution in [2.75, 3.05) is 10.6 Å². The van der Waals surface area contributed by atoms with Crippen LogP contribution in [0.25, 0.3) is 0 Å². The molecule has 0 aliphatic heterocycles. The maximum Gasteiger partial charge on any atom is 0.246 e. The van der Waals surface area contributed by atoms with Crippen molar-refractivity contribution in [3.63, 3.8) is 0 Å². The average molecular weight is 384 g/mol. The lowest BCUT2D eigenvalue weighted by atomic mass is 10.2. The average Bonchev–Trinajstić information content (AvgIpc) is 2.41. The number of rotatable bonds is 4. The highest BCUT2D eigenvalue weighted by atomic mass is 127. The Morgan fingerprint density at radius 1 is 1.20 bits per heavy atom. The highest BCUT2D eigenvalue weighted by molar-refractivity contribution is 14.1. The summed E-state index contributed by atoms with van der Waals surface area (Å²) in [7, 11) is 0. The van der Waals surface area contributed by atoms with Crippen LogP contribution in [0.3, 0.4) is 0 Å². The Bertz CT molecular complexity index is 618. The summed E-state index contributed by atoms with van der Waals surface area (Å²) in [5.41, 5.74) is 1.04.